The van der Waals surface area contributed by atoms with Gasteiger partial charge in [-0.15, -0.1) is 0 Å². The third-order valence-corrected chi connectivity index (χ3v) is 4.08. The van der Waals surface area contributed by atoms with Crippen LogP contribution < -0.4 is 14.2 Å². The zero-order valence-corrected chi connectivity index (χ0v) is 17.1. The summed E-state index contributed by atoms with van der Waals surface area (Å²) in [5, 5.41) is 9.55. The lowest BCUT2D eigenvalue weighted by Gasteiger charge is -2.09. The van der Waals surface area contributed by atoms with E-state index in [4.69, 9.17) is 18.9 Å². The third kappa shape index (κ3) is 6.38. The van der Waals surface area contributed by atoms with Gasteiger partial charge < -0.3 is 18.9 Å². The van der Waals surface area contributed by atoms with Gasteiger partial charge in [0, 0.05) is 0 Å². The molecular weight excluding hydrogens is 386 g/mol. The van der Waals surface area contributed by atoms with Crippen molar-refractivity contribution in [2.24, 2.45) is 0 Å². The molecule has 0 spiro atoms. The zero-order chi connectivity index (χ0) is 21.9. The number of carbonyl (C=O) groups is 2. The third-order valence-electron chi connectivity index (χ3n) is 4.08. The Bertz CT molecular complexity index is 957. The normalized spacial score (nSPS) is 10.7. The number of hydrogen-bond donors (Lipinski definition) is 0. The van der Waals surface area contributed by atoms with Gasteiger partial charge in [-0.1, -0.05) is 12.1 Å². The molecule has 0 aliphatic heterocycles. The van der Waals surface area contributed by atoms with Crippen molar-refractivity contribution in [2.75, 3.05) is 20.8 Å². The lowest BCUT2D eigenvalue weighted by Crippen LogP contribution is -2.12. The number of carbonyl (C=O) groups excluding carboxylic acids is 2. The maximum absolute atomic E-state index is 11.8. The minimum atomic E-state index is -0.519. The van der Waals surface area contributed by atoms with Crippen LogP contribution in [0.1, 0.15) is 30.9 Å². The Morgan fingerprint density at radius 3 is 2.23 bits per heavy atom. The molecule has 156 valence electrons. The number of rotatable bonds is 9. The minimum absolute atomic E-state index is 0.0235. The van der Waals surface area contributed by atoms with Gasteiger partial charge >= 0.3 is 11.9 Å². The molecule has 0 radical (unpaired) electrons. The first-order chi connectivity index (χ1) is 14.5. The Balaban J connectivity index is 2.08. The van der Waals surface area contributed by atoms with Crippen molar-refractivity contribution in [1.82, 2.24) is 0 Å². The highest BCUT2D eigenvalue weighted by Gasteiger charge is 2.10. The topological polar surface area (TPSA) is 94.9 Å². The predicted octanol–water partition coefficient (Wildman–Crippen LogP) is 4.02. The number of nitrogens with zero attached hydrogens (tertiary/aromatic N) is 1. The first kappa shape index (κ1) is 22.5. The van der Waals surface area contributed by atoms with Gasteiger partial charge in [0.2, 0.25) is 0 Å². The summed E-state index contributed by atoms with van der Waals surface area (Å²) in [6.45, 7) is 1.98. The minimum Gasteiger partial charge on any atom is -0.493 e. The molecule has 30 heavy (non-hydrogen) atoms. The fraction of sp³-hybridized carbons (Fsp3) is 0.261. The van der Waals surface area contributed by atoms with Crippen LogP contribution in [0.3, 0.4) is 0 Å². The first-order valence-corrected chi connectivity index (χ1v) is 9.31. The summed E-state index contributed by atoms with van der Waals surface area (Å²) in [4.78, 5) is 23.1. The smallest absolute Gasteiger partial charge is 0.311 e. The number of ether oxygens (including phenoxy) is 4. The Kier molecular flexibility index (Phi) is 8.45. The zero-order valence-electron chi connectivity index (χ0n) is 17.1. The second kappa shape index (κ2) is 11.3. The predicted molar refractivity (Wildman–Crippen MR) is 111 cm³/mol. The standard InChI is InChI=1S/C23H23NO6/c1-4-29-22(25)11-12-23(26)30-19-8-5-16(6-9-19)13-18(15-24)17-7-10-20(27-2)21(14-17)28-3/h5-10,13-14H,4,11-12H2,1-3H3/b18-13+. The molecule has 0 aliphatic rings. The summed E-state index contributed by atoms with van der Waals surface area (Å²) in [6, 6.07) is 14.1. The van der Waals surface area contributed by atoms with Crippen LogP contribution in [0.15, 0.2) is 42.5 Å². The molecule has 0 fully saturated rings. The summed E-state index contributed by atoms with van der Waals surface area (Å²) in [5.41, 5.74) is 1.88. The molecule has 0 saturated carbocycles. The number of hydrogen-bond acceptors (Lipinski definition) is 7. The van der Waals surface area contributed by atoms with E-state index in [0.717, 1.165) is 5.56 Å². The van der Waals surface area contributed by atoms with Gasteiger partial charge in [-0.05, 0) is 54.5 Å². The lowest BCUT2D eigenvalue weighted by atomic mass is 10.0. The van der Waals surface area contributed by atoms with Crippen LogP contribution in [0.25, 0.3) is 11.6 Å². The van der Waals surface area contributed by atoms with Crippen LogP contribution in [-0.2, 0) is 14.3 Å². The number of nitriles is 1. The van der Waals surface area contributed by atoms with E-state index in [0.29, 0.717) is 28.4 Å². The van der Waals surface area contributed by atoms with Crippen LogP contribution >= 0.6 is 0 Å². The second-order valence-electron chi connectivity index (χ2n) is 6.09. The summed E-state index contributed by atoms with van der Waals surface area (Å²) in [6.07, 6.45) is 1.64. The van der Waals surface area contributed by atoms with E-state index in [2.05, 4.69) is 6.07 Å². The fourth-order valence-corrected chi connectivity index (χ4v) is 2.60. The molecule has 0 aromatic heterocycles. The maximum atomic E-state index is 11.8. The molecule has 0 saturated heterocycles. The lowest BCUT2D eigenvalue weighted by molar-refractivity contribution is -0.146. The van der Waals surface area contributed by atoms with Crippen LogP contribution in [0.5, 0.6) is 17.2 Å². The van der Waals surface area contributed by atoms with Crippen molar-refractivity contribution in [3.63, 3.8) is 0 Å². The summed E-state index contributed by atoms with van der Waals surface area (Å²) in [7, 11) is 3.08. The van der Waals surface area contributed by atoms with Gasteiger partial charge in [-0.25, -0.2) is 0 Å². The largest absolute Gasteiger partial charge is 0.493 e. The molecule has 0 amide bonds. The molecule has 2 rings (SSSR count). The van der Waals surface area contributed by atoms with E-state index < -0.39 is 11.9 Å². The summed E-state index contributed by atoms with van der Waals surface area (Å²) >= 11 is 0. The Morgan fingerprint density at radius 2 is 1.63 bits per heavy atom. The highest BCUT2D eigenvalue weighted by molar-refractivity contribution is 5.90. The van der Waals surface area contributed by atoms with Crippen LogP contribution in [0, 0.1) is 11.3 Å². The quantitative estimate of drug-likeness (QED) is 0.267. The molecule has 0 bridgehead atoms. The number of esters is 2. The monoisotopic (exact) mass is 409 g/mol. The molecule has 7 nitrogen and oxygen atoms in total. The Hall–Kier alpha value is -3.79. The van der Waals surface area contributed by atoms with Crippen LogP contribution in [0.2, 0.25) is 0 Å². The molecule has 7 heteroatoms. The van der Waals surface area contributed by atoms with Crippen molar-refractivity contribution in [3.8, 4) is 23.3 Å². The number of benzene rings is 2. The highest BCUT2D eigenvalue weighted by atomic mass is 16.5. The van der Waals surface area contributed by atoms with Crippen LogP contribution in [-0.4, -0.2) is 32.8 Å². The molecule has 2 aromatic carbocycles. The van der Waals surface area contributed by atoms with E-state index >= 15 is 0 Å². The van der Waals surface area contributed by atoms with Gasteiger partial charge in [0.15, 0.2) is 11.5 Å². The van der Waals surface area contributed by atoms with E-state index in [-0.39, 0.29) is 19.4 Å². The van der Waals surface area contributed by atoms with E-state index in [1.165, 1.54) is 7.11 Å². The van der Waals surface area contributed by atoms with Gasteiger partial charge in [0.1, 0.15) is 5.75 Å². The average molecular weight is 409 g/mol. The molecule has 2 aromatic rings. The van der Waals surface area contributed by atoms with E-state index in [1.54, 1.807) is 62.6 Å². The van der Waals surface area contributed by atoms with Crippen molar-refractivity contribution >= 4 is 23.6 Å². The summed E-state index contributed by atoms with van der Waals surface area (Å²) < 4.78 is 20.5. The summed E-state index contributed by atoms with van der Waals surface area (Å²) in [5.74, 6) is 0.503. The molecule has 0 heterocycles. The number of allylic oxidation sites excluding steroid dienone is 1. The van der Waals surface area contributed by atoms with Gasteiger partial charge in [-0.3, -0.25) is 9.59 Å². The second-order valence-corrected chi connectivity index (χ2v) is 6.09. The van der Waals surface area contributed by atoms with E-state index in [9.17, 15) is 14.9 Å². The maximum Gasteiger partial charge on any atom is 0.311 e. The molecule has 0 N–H and O–H groups in total. The van der Waals surface area contributed by atoms with E-state index in [1.807, 2.05) is 0 Å². The van der Waals surface area contributed by atoms with Gasteiger partial charge in [0.05, 0.1) is 45.3 Å². The van der Waals surface area contributed by atoms with Gasteiger partial charge in [-0.2, -0.15) is 5.26 Å². The molecule has 0 atom stereocenters. The van der Waals surface area contributed by atoms with Gasteiger partial charge in [0.25, 0.3) is 0 Å². The Morgan fingerprint density at radius 1 is 0.967 bits per heavy atom. The molecular formula is C23H23NO6. The first-order valence-electron chi connectivity index (χ1n) is 9.31. The van der Waals surface area contributed by atoms with Crippen molar-refractivity contribution in [2.45, 2.75) is 19.8 Å². The highest BCUT2D eigenvalue weighted by Crippen LogP contribution is 2.31. The van der Waals surface area contributed by atoms with Crippen molar-refractivity contribution in [1.29, 1.82) is 5.26 Å². The average Bonchev–Trinajstić information content (AvgIpc) is 2.77. The molecule has 0 unspecified atom stereocenters. The Labute approximate surface area is 175 Å². The fourth-order valence-electron chi connectivity index (χ4n) is 2.60. The SMILES string of the molecule is CCOC(=O)CCC(=O)Oc1ccc(/C=C(\C#N)c2ccc(OC)c(OC)c2)cc1. The van der Waals surface area contributed by atoms with Crippen molar-refractivity contribution < 1.29 is 28.5 Å². The molecule has 0 aliphatic carbocycles. The number of methoxy groups -OCH3 is 2. The van der Waals surface area contributed by atoms with Crippen LogP contribution in [0.4, 0.5) is 0 Å². The van der Waals surface area contributed by atoms with Crippen molar-refractivity contribution in [3.05, 3.63) is 53.6 Å².